The Morgan fingerprint density at radius 3 is 2.50 bits per heavy atom. The molecule has 0 spiro atoms. The summed E-state index contributed by atoms with van der Waals surface area (Å²) in [6, 6.07) is 0. The van der Waals surface area contributed by atoms with Gasteiger partial charge in [0.05, 0.1) is 0 Å². The molecule has 0 amide bonds. The number of nitrogens with one attached hydrogen (secondary N) is 1. The van der Waals surface area contributed by atoms with Crippen LogP contribution in [0.5, 0.6) is 0 Å². The SMILES string of the molecule is CC1CCN(S(=O)(=O)NCC(C)CC(=O)O)CC1. The smallest absolute Gasteiger partial charge is 0.303 e. The highest BCUT2D eigenvalue weighted by Gasteiger charge is 2.26. The Balaban J connectivity index is 2.42. The molecule has 18 heavy (non-hydrogen) atoms. The van der Waals surface area contributed by atoms with E-state index in [4.69, 9.17) is 5.11 Å². The van der Waals surface area contributed by atoms with Crippen LogP contribution >= 0.6 is 0 Å². The second kappa shape index (κ2) is 6.49. The summed E-state index contributed by atoms with van der Waals surface area (Å²) >= 11 is 0. The first-order valence-corrected chi connectivity index (χ1v) is 7.72. The third-order valence-electron chi connectivity index (χ3n) is 3.22. The molecule has 1 aliphatic heterocycles. The molecule has 0 radical (unpaired) electrons. The van der Waals surface area contributed by atoms with Crippen LogP contribution in [0.25, 0.3) is 0 Å². The Labute approximate surface area is 109 Å². The fourth-order valence-corrected chi connectivity index (χ4v) is 3.30. The van der Waals surface area contributed by atoms with Gasteiger partial charge in [-0.3, -0.25) is 4.79 Å². The average molecular weight is 278 g/mol. The number of hydrogen-bond acceptors (Lipinski definition) is 3. The van der Waals surface area contributed by atoms with E-state index in [1.165, 1.54) is 4.31 Å². The largest absolute Gasteiger partial charge is 0.481 e. The normalized spacial score (nSPS) is 20.8. The van der Waals surface area contributed by atoms with E-state index in [1.54, 1.807) is 6.92 Å². The van der Waals surface area contributed by atoms with Gasteiger partial charge in [-0.15, -0.1) is 0 Å². The Bertz CT molecular complexity index is 375. The predicted molar refractivity (Wildman–Crippen MR) is 68.3 cm³/mol. The summed E-state index contributed by atoms with van der Waals surface area (Å²) in [4.78, 5) is 10.5. The molecule has 0 aromatic heterocycles. The van der Waals surface area contributed by atoms with Crippen molar-refractivity contribution in [3.8, 4) is 0 Å². The van der Waals surface area contributed by atoms with Gasteiger partial charge in [0.1, 0.15) is 0 Å². The van der Waals surface area contributed by atoms with Gasteiger partial charge in [-0.05, 0) is 24.7 Å². The maximum Gasteiger partial charge on any atom is 0.303 e. The van der Waals surface area contributed by atoms with E-state index >= 15 is 0 Å². The van der Waals surface area contributed by atoms with Gasteiger partial charge >= 0.3 is 5.97 Å². The first-order chi connectivity index (χ1) is 8.31. The van der Waals surface area contributed by atoms with Crippen LogP contribution in [0.1, 0.15) is 33.1 Å². The summed E-state index contributed by atoms with van der Waals surface area (Å²) in [5.41, 5.74) is 0. The Hall–Kier alpha value is -0.660. The summed E-state index contributed by atoms with van der Waals surface area (Å²) < 4.78 is 27.8. The quantitative estimate of drug-likeness (QED) is 0.747. The zero-order valence-corrected chi connectivity index (χ0v) is 11.7. The van der Waals surface area contributed by atoms with Crippen LogP contribution in [0.3, 0.4) is 0 Å². The van der Waals surface area contributed by atoms with E-state index in [9.17, 15) is 13.2 Å². The number of carbonyl (C=O) groups is 1. The minimum Gasteiger partial charge on any atom is -0.481 e. The second-order valence-electron chi connectivity index (χ2n) is 5.14. The molecular weight excluding hydrogens is 256 g/mol. The van der Waals surface area contributed by atoms with Crippen molar-refractivity contribution in [3.05, 3.63) is 0 Å². The predicted octanol–water partition coefficient (Wildman–Crippen LogP) is 0.663. The number of carboxylic acids is 1. The molecule has 1 fully saturated rings. The third kappa shape index (κ3) is 4.91. The van der Waals surface area contributed by atoms with E-state index in [0.717, 1.165) is 12.8 Å². The van der Waals surface area contributed by atoms with Crippen molar-refractivity contribution in [2.75, 3.05) is 19.6 Å². The maximum atomic E-state index is 11.9. The molecule has 0 aliphatic carbocycles. The van der Waals surface area contributed by atoms with Crippen molar-refractivity contribution in [1.29, 1.82) is 0 Å². The fraction of sp³-hybridized carbons (Fsp3) is 0.909. The summed E-state index contributed by atoms with van der Waals surface area (Å²) in [6.45, 7) is 5.09. The van der Waals surface area contributed by atoms with Crippen LogP contribution in [-0.4, -0.2) is 43.4 Å². The lowest BCUT2D eigenvalue weighted by Gasteiger charge is -2.29. The fourth-order valence-electron chi connectivity index (χ4n) is 1.93. The van der Waals surface area contributed by atoms with Crippen molar-refractivity contribution >= 4 is 16.2 Å². The molecule has 1 unspecified atom stereocenters. The minimum absolute atomic E-state index is 0.0282. The monoisotopic (exact) mass is 278 g/mol. The lowest BCUT2D eigenvalue weighted by atomic mass is 10.0. The first-order valence-electron chi connectivity index (χ1n) is 6.28. The van der Waals surface area contributed by atoms with Crippen molar-refractivity contribution in [3.63, 3.8) is 0 Å². The molecule has 2 N–H and O–H groups in total. The Morgan fingerprint density at radius 1 is 1.44 bits per heavy atom. The van der Waals surface area contributed by atoms with E-state index in [2.05, 4.69) is 11.6 Å². The summed E-state index contributed by atoms with van der Waals surface area (Å²) in [6.07, 6.45) is 1.73. The van der Waals surface area contributed by atoms with Crippen LogP contribution < -0.4 is 4.72 Å². The van der Waals surface area contributed by atoms with E-state index in [0.29, 0.717) is 19.0 Å². The summed E-state index contributed by atoms with van der Waals surface area (Å²) in [5.74, 6) is -0.545. The summed E-state index contributed by atoms with van der Waals surface area (Å²) in [7, 11) is -3.45. The van der Waals surface area contributed by atoms with Gasteiger partial charge in [-0.1, -0.05) is 13.8 Å². The maximum absolute atomic E-state index is 11.9. The molecule has 1 aliphatic rings. The molecule has 0 bridgehead atoms. The van der Waals surface area contributed by atoms with Crippen molar-refractivity contribution in [2.24, 2.45) is 11.8 Å². The highest BCUT2D eigenvalue weighted by molar-refractivity contribution is 7.87. The van der Waals surface area contributed by atoms with Crippen molar-refractivity contribution in [1.82, 2.24) is 9.03 Å². The topological polar surface area (TPSA) is 86.7 Å². The van der Waals surface area contributed by atoms with Crippen LogP contribution in [0.4, 0.5) is 0 Å². The first kappa shape index (κ1) is 15.4. The molecule has 7 heteroatoms. The van der Waals surface area contributed by atoms with E-state index < -0.39 is 16.2 Å². The molecule has 1 saturated heterocycles. The minimum atomic E-state index is -3.45. The summed E-state index contributed by atoms with van der Waals surface area (Å²) in [5, 5.41) is 8.60. The van der Waals surface area contributed by atoms with Gasteiger partial charge in [-0.2, -0.15) is 12.7 Å². The molecule has 0 saturated carbocycles. The third-order valence-corrected chi connectivity index (χ3v) is 4.80. The number of nitrogens with zero attached hydrogens (tertiary/aromatic N) is 1. The van der Waals surface area contributed by atoms with E-state index in [1.807, 2.05) is 0 Å². The highest BCUT2D eigenvalue weighted by Crippen LogP contribution is 2.18. The number of hydrogen-bond donors (Lipinski definition) is 2. The Kier molecular flexibility index (Phi) is 5.55. The van der Waals surface area contributed by atoms with Gasteiger partial charge in [0.15, 0.2) is 0 Å². The molecule has 6 nitrogen and oxygen atoms in total. The van der Waals surface area contributed by atoms with Crippen LogP contribution in [0.2, 0.25) is 0 Å². The number of piperidine rings is 1. The zero-order valence-electron chi connectivity index (χ0n) is 10.9. The zero-order chi connectivity index (χ0) is 13.8. The van der Waals surface area contributed by atoms with E-state index in [-0.39, 0.29) is 18.9 Å². The molecule has 1 atom stereocenters. The van der Waals surface area contributed by atoms with Gasteiger partial charge < -0.3 is 5.11 Å². The van der Waals surface area contributed by atoms with Crippen molar-refractivity contribution in [2.45, 2.75) is 33.1 Å². The highest BCUT2D eigenvalue weighted by atomic mass is 32.2. The molecular formula is C11H22N2O4S. The average Bonchev–Trinajstić information content (AvgIpc) is 2.26. The van der Waals surface area contributed by atoms with Gasteiger partial charge in [0.2, 0.25) is 0 Å². The van der Waals surface area contributed by atoms with Crippen LogP contribution in [-0.2, 0) is 15.0 Å². The standard InChI is InChI=1S/C11H22N2O4S/c1-9-3-5-13(6-4-9)18(16,17)12-8-10(2)7-11(14)15/h9-10,12H,3-8H2,1-2H3,(H,14,15). The van der Waals surface area contributed by atoms with Crippen molar-refractivity contribution < 1.29 is 18.3 Å². The van der Waals surface area contributed by atoms with Gasteiger partial charge in [0, 0.05) is 26.1 Å². The lowest BCUT2D eigenvalue weighted by molar-refractivity contribution is -0.137. The molecule has 0 aromatic rings. The number of carboxylic acid groups (broad SMARTS) is 1. The molecule has 106 valence electrons. The van der Waals surface area contributed by atoms with Crippen LogP contribution in [0, 0.1) is 11.8 Å². The van der Waals surface area contributed by atoms with Gasteiger partial charge in [0.25, 0.3) is 10.2 Å². The molecule has 1 heterocycles. The molecule has 1 rings (SSSR count). The number of aliphatic carboxylic acids is 1. The van der Waals surface area contributed by atoms with Crippen LogP contribution in [0.15, 0.2) is 0 Å². The Morgan fingerprint density at radius 2 is 2.00 bits per heavy atom. The number of rotatable bonds is 6. The van der Waals surface area contributed by atoms with Gasteiger partial charge in [-0.25, -0.2) is 4.72 Å². The molecule has 0 aromatic carbocycles. The lowest BCUT2D eigenvalue weighted by Crippen LogP contribution is -2.45. The second-order valence-corrected chi connectivity index (χ2v) is 6.89.